The van der Waals surface area contributed by atoms with Crippen LogP contribution in [0.4, 0.5) is 0 Å². The van der Waals surface area contributed by atoms with Crippen LogP contribution in [0.5, 0.6) is 5.75 Å². The minimum Gasteiger partial charge on any atom is -0.489 e. The summed E-state index contributed by atoms with van der Waals surface area (Å²) in [4.78, 5) is 4.58. The van der Waals surface area contributed by atoms with Crippen LogP contribution in [0, 0.1) is 0 Å². The molecule has 1 heterocycles. The normalized spacial score (nSPS) is 12.2. The molecular weight excluding hydrogens is 421 g/mol. The number of guanidine groups is 1. The SMILES string of the molecule is CCNC(=NCc1ccsc1)NCC(C)Oc1ccccc1.I. The van der Waals surface area contributed by atoms with Crippen LogP contribution < -0.4 is 15.4 Å². The zero-order valence-corrected chi connectivity index (χ0v) is 16.6. The fraction of sp³-hybridized carbons (Fsp3) is 0.353. The van der Waals surface area contributed by atoms with E-state index in [0.717, 1.165) is 18.3 Å². The molecule has 0 aliphatic rings. The van der Waals surface area contributed by atoms with Gasteiger partial charge in [-0.05, 0) is 48.4 Å². The number of thiophene rings is 1. The molecule has 0 saturated carbocycles. The first-order chi connectivity index (χ1) is 10.8. The Balaban J connectivity index is 0.00000264. The summed E-state index contributed by atoms with van der Waals surface area (Å²) in [6.07, 6.45) is 0.0624. The number of halogens is 1. The van der Waals surface area contributed by atoms with Crippen molar-refractivity contribution in [2.45, 2.75) is 26.5 Å². The topological polar surface area (TPSA) is 45.7 Å². The molecule has 0 saturated heterocycles. The van der Waals surface area contributed by atoms with Gasteiger partial charge in [-0.2, -0.15) is 11.3 Å². The van der Waals surface area contributed by atoms with Gasteiger partial charge < -0.3 is 15.4 Å². The molecule has 2 aromatic rings. The summed E-state index contributed by atoms with van der Waals surface area (Å²) in [6, 6.07) is 12.0. The lowest BCUT2D eigenvalue weighted by Crippen LogP contribution is -2.41. The van der Waals surface area contributed by atoms with Gasteiger partial charge in [0.1, 0.15) is 11.9 Å². The Morgan fingerprint density at radius 1 is 1.22 bits per heavy atom. The lowest BCUT2D eigenvalue weighted by Gasteiger charge is -2.17. The number of nitrogens with zero attached hydrogens (tertiary/aromatic N) is 1. The molecule has 0 fully saturated rings. The molecule has 6 heteroatoms. The minimum absolute atomic E-state index is 0. The summed E-state index contributed by atoms with van der Waals surface area (Å²) >= 11 is 1.69. The first kappa shape index (κ1) is 19.8. The largest absolute Gasteiger partial charge is 0.489 e. The van der Waals surface area contributed by atoms with Crippen molar-refractivity contribution in [1.29, 1.82) is 0 Å². The van der Waals surface area contributed by atoms with Gasteiger partial charge in [0.15, 0.2) is 5.96 Å². The zero-order valence-electron chi connectivity index (χ0n) is 13.5. The average molecular weight is 445 g/mol. The Kier molecular flexibility index (Phi) is 9.70. The molecule has 126 valence electrons. The fourth-order valence-corrected chi connectivity index (χ4v) is 2.57. The van der Waals surface area contributed by atoms with Gasteiger partial charge in [-0.1, -0.05) is 18.2 Å². The van der Waals surface area contributed by atoms with E-state index < -0.39 is 0 Å². The van der Waals surface area contributed by atoms with Crippen LogP contribution in [-0.4, -0.2) is 25.2 Å². The maximum Gasteiger partial charge on any atom is 0.191 e. The third kappa shape index (κ3) is 7.69. The standard InChI is InChI=1S/C17H23N3OS.HI/c1-3-18-17(20-12-15-9-10-22-13-15)19-11-14(2)21-16-7-5-4-6-8-16;/h4-10,13-14H,3,11-12H2,1-2H3,(H2,18,19,20);1H. The van der Waals surface area contributed by atoms with Crippen LogP contribution in [0.3, 0.4) is 0 Å². The number of ether oxygens (including phenoxy) is 1. The molecule has 1 unspecified atom stereocenters. The fourth-order valence-electron chi connectivity index (χ4n) is 1.91. The van der Waals surface area contributed by atoms with Crippen molar-refractivity contribution in [3.8, 4) is 5.75 Å². The Labute approximate surface area is 159 Å². The van der Waals surface area contributed by atoms with Gasteiger partial charge >= 0.3 is 0 Å². The molecule has 0 spiro atoms. The molecule has 0 aliphatic carbocycles. The quantitative estimate of drug-likeness (QED) is 0.386. The van der Waals surface area contributed by atoms with E-state index in [1.165, 1.54) is 5.56 Å². The van der Waals surface area contributed by atoms with Gasteiger partial charge in [0, 0.05) is 6.54 Å². The molecule has 0 bridgehead atoms. The smallest absolute Gasteiger partial charge is 0.191 e. The Hall–Kier alpha value is -1.28. The lowest BCUT2D eigenvalue weighted by molar-refractivity contribution is 0.224. The first-order valence-corrected chi connectivity index (χ1v) is 8.47. The van der Waals surface area contributed by atoms with Crippen LogP contribution in [-0.2, 0) is 6.54 Å². The highest BCUT2D eigenvalue weighted by Gasteiger charge is 2.05. The van der Waals surface area contributed by atoms with E-state index in [2.05, 4.69) is 39.4 Å². The molecule has 2 N–H and O–H groups in total. The number of benzene rings is 1. The van der Waals surface area contributed by atoms with Crippen molar-refractivity contribution >= 4 is 41.3 Å². The number of hydrogen-bond donors (Lipinski definition) is 2. The highest BCUT2D eigenvalue weighted by atomic mass is 127. The lowest BCUT2D eigenvalue weighted by atomic mass is 10.3. The van der Waals surface area contributed by atoms with E-state index in [-0.39, 0.29) is 30.1 Å². The molecule has 0 radical (unpaired) electrons. The predicted molar refractivity (Wildman–Crippen MR) is 109 cm³/mol. The highest BCUT2D eigenvalue weighted by molar-refractivity contribution is 14.0. The van der Waals surface area contributed by atoms with Crippen molar-refractivity contribution in [3.05, 3.63) is 52.7 Å². The van der Waals surface area contributed by atoms with Gasteiger partial charge in [-0.25, -0.2) is 4.99 Å². The second kappa shape index (κ2) is 11.3. The van der Waals surface area contributed by atoms with Gasteiger partial charge in [0.25, 0.3) is 0 Å². The van der Waals surface area contributed by atoms with E-state index in [0.29, 0.717) is 13.1 Å². The maximum absolute atomic E-state index is 5.85. The highest BCUT2D eigenvalue weighted by Crippen LogP contribution is 2.10. The summed E-state index contributed by atoms with van der Waals surface area (Å²) in [7, 11) is 0. The summed E-state index contributed by atoms with van der Waals surface area (Å²) in [5.74, 6) is 1.70. The van der Waals surface area contributed by atoms with Crippen LogP contribution in [0.2, 0.25) is 0 Å². The van der Waals surface area contributed by atoms with Crippen LogP contribution in [0.1, 0.15) is 19.4 Å². The summed E-state index contributed by atoms with van der Waals surface area (Å²) in [5, 5.41) is 10.8. The van der Waals surface area contributed by atoms with Crippen molar-refractivity contribution in [2.24, 2.45) is 4.99 Å². The second-order valence-electron chi connectivity index (χ2n) is 4.95. The molecule has 0 aliphatic heterocycles. The molecule has 2 rings (SSSR count). The maximum atomic E-state index is 5.85. The zero-order chi connectivity index (χ0) is 15.6. The summed E-state index contributed by atoms with van der Waals surface area (Å²) in [5.41, 5.74) is 1.23. The van der Waals surface area contributed by atoms with E-state index in [4.69, 9.17) is 4.74 Å². The van der Waals surface area contributed by atoms with Crippen molar-refractivity contribution in [2.75, 3.05) is 13.1 Å². The van der Waals surface area contributed by atoms with Crippen LogP contribution in [0.15, 0.2) is 52.2 Å². The molecule has 0 amide bonds. The molecule has 4 nitrogen and oxygen atoms in total. The van der Waals surface area contributed by atoms with Crippen molar-refractivity contribution < 1.29 is 4.74 Å². The van der Waals surface area contributed by atoms with Crippen molar-refractivity contribution in [3.63, 3.8) is 0 Å². The van der Waals surface area contributed by atoms with Crippen LogP contribution in [0.25, 0.3) is 0 Å². The number of aliphatic imine (C=N–C) groups is 1. The summed E-state index contributed by atoms with van der Waals surface area (Å²) < 4.78 is 5.85. The molecule has 1 aromatic heterocycles. The van der Waals surface area contributed by atoms with Gasteiger partial charge in [0.05, 0.1) is 13.1 Å². The first-order valence-electron chi connectivity index (χ1n) is 7.53. The van der Waals surface area contributed by atoms with Gasteiger partial charge in [-0.15, -0.1) is 24.0 Å². The summed E-state index contributed by atoms with van der Waals surface area (Å²) in [6.45, 7) is 6.33. The van der Waals surface area contributed by atoms with E-state index in [1.807, 2.05) is 37.3 Å². The molecule has 1 aromatic carbocycles. The monoisotopic (exact) mass is 445 g/mol. The average Bonchev–Trinajstić information content (AvgIpc) is 3.04. The minimum atomic E-state index is 0. The van der Waals surface area contributed by atoms with E-state index in [9.17, 15) is 0 Å². The molecule has 23 heavy (non-hydrogen) atoms. The third-order valence-corrected chi connectivity index (χ3v) is 3.71. The van der Waals surface area contributed by atoms with E-state index >= 15 is 0 Å². The van der Waals surface area contributed by atoms with Crippen molar-refractivity contribution in [1.82, 2.24) is 10.6 Å². The van der Waals surface area contributed by atoms with Gasteiger partial charge in [-0.3, -0.25) is 0 Å². The number of para-hydroxylation sites is 1. The van der Waals surface area contributed by atoms with Gasteiger partial charge in [0.2, 0.25) is 0 Å². The third-order valence-electron chi connectivity index (χ3n) is 2.98. The molecule has 1 atom stereocenters. The number of hydrogen-bond acceptors (Lipinski definition) is 3. The molecular formula is C17H24IN3OS. The Bertz CT molecular complexity index is 560. The Morgan fingerprint density at radius 2 is 2.00 bits per heavy atom. The van der Waals surface area contributed by atoms with Crippen LogP contribution >= 0.6 is 35.3 Å². The number of rotatable bonds is 7. The van der Waals surface area contributed by atoms with E-state index in [1.54, 1.807) is 11.3 Å². The Morgan fingerprint density at radius 3 is 2.65 bits per heavy atom. The predicted octanol–water partition coefficient (Wildman–Crippen LogP) is 3.89. The second-order valence-corrected chi connectivity index (χ2v) is 5.73. The number of nitrogens with one attached hydrogen (secondary N) is 2.